The molecule has 0 saturated carbocycles. The first-order valence-electron chi connectivity index (χ1n) is 8.34. The van der Waals surface area contributed by atoms with Crippen LogP contribution in [0.3, 0.4) is 0 Å². The number of fused-ring (bicyclic) bond motifs is 1. The lowest BCUT2D eigenvalue weighted by atomic mass is 10.3. The zero-order valence-corrected chi connectivity index (χ0v) is 18.4. The molecule has 0 unspecified atom stereocenters. The molecule has 0 aliphatic rings. The van der Waals surface area contributed by atoms with Crippen molar-refractivity contribution < 1.29 is 30.2 Å². The van der Waals surface area contributed by atoms with Crippen molar-refractivity contribution in [3.8, 4) is 11.6 Å². The molecule has 0 saturated heterocycles. The number of aromatic nitrogens is 2. The van der Waals surface area contributed by atoms with E-state index in [0.29, 0.717) is 0 Å². The minimum absolute atomic E-state index is 0.0842. The molecule has 13 heteroatoms. The molecule has 3 aromatic rings. The van der Waals surface area contributed by atoms with Gasteiger partial charge in [0.25, 0.3) is 0 Å². The fourth-order valence-corrected chi connectivity index (χ4v) is 4.72. The van der Waals surface area contributed by atoms with Gasteiger partial charge in [0.2, 0.25) is 5.89 Å². The van der Waals surface area contributed by atoms with Crippen LogP contribution in [0.4, 0.5) is 18.9 Å². The van der Waals surface area contributed by atoms with Crippen molar-refractivity contribution in [3.05, 3.63) is 30.5 Å². The maximum atomic E-state index is 12.6. The Kier molecular flexibility index (Phi) is 5.91. The number of alkyl halides is 3. The molecule has 1 aromatic carbocycles. The number of rotatable bonds is 5. The summed E-state index contributed by atoms with van der Waals surface area (Å²) in [5.41, 5.74) is -4.14. The normalized spacial score (nSPS) is 13.0. The SMILES string of the molecule is CCS(=O)(=O)c1cc(N=S(C)(C)=O)cnc1-c1nc2cc(SC(F)(F)F)ccc2o1. The summed E-state index contributed by atoms with van der Waals surface area (Å²) in [5, 5.41) is 0. The molecular weight excluding hydrogens is 463 g/mol. The third-order valence-corrected chi connectivity index (χ3v) is 6.79. The number of pyridine rings is 1. The first kappa shape index (κ1) is 22.6. The van der Waals surface area contributed by atoms with Crippen LogP contribution >= 0.6 is 11.8 Å². The van der Waals surface area contributed by atoms with Crippen LogP contribution in [0.15, 0.2) is 49.0 Å². The van der Waals surface area contributed by atoms with Gasteiger partial charge in [-0.25, -0.2) is 22.6 Å². The van der Waals surface area contributed by atoms with Crippen molar-refractivity contribution in [2.45, 2.75) is 22.2 Å². The van der Waals surface area contributed by atoms with Gasteiger partial charge in [0.1, 0.15) is 16.1 Å². The molecule has 2 aromatic heterocycles. The van der Waals surface area contributed by atoms with Crippen LogP contribution in [0.25, 0.3) is 22.7 Å². The van der Waals surface area contributed by atoms with Crippen molar-refractivity contribution in [2.75, 3.05) is 18.3 Å². The fraction of sp³-hybridized carbons (Fsp3) is 0.294. The van der Waals surface area contributed by atoms with E-state index in [1.54, 1.807) is 0 Å². The quantitative estimate of drug-likeness (QED) is 0.491. The Morgan fingerprint density at radius 1 is 1.17 bits per heavy atom. The largest absolute Gasteiger partial charge is 0.446 e. The molecule has 7 nitrogen and oxygen atoms in total. The molecule has 0 fully saturated rings. The van der Waals surface area contributed by atoms with E-state index in [1.807, 2.05) is 0 Å². The Hall–Kier alpha value is -2.12. The van der Waals surface area contributed by atoms with Crippen LogP contribution in [-0.2, 0) is 19.6 Å². The summed E-state index contributed by atoms with van der Waals surface area (Å²) in [5.74, 6) is -0.405. The molecule has 0 radical (unpaired) electrons. The van der Waals surface area contributed by atoms with Gasteiger partial charge in [0.15, 0.2) is 15.4 Å². The molecular formula is C17H16F3N3O4S3. The first-order chi connectivity index (χ1) is 13.8. The van der Waals surface area contributed by atoms with Crippen LogP contribution in [0.2, 0.25) is 0 Å². The molecule has 30 heavy (non-hydrogen) atoms. The lowest BCUT2D eigenvalue weighted by Crippen LogP contribution is -2.07. The third kappa shape index (κ3) is 5.32. The summed E-state index contributed by atoms with van der Waals surface area (Å²) < 4.78 is 84.4. The van der Waals surface area contributed by atoms with Gasteiger partial charge in [-0.05, 0) is 36.0 Å². The number of nitrogens with zero attached hydrogens (tertiary/aromatic N) is 3. The smallest absolute Gasteiger partial charge is 0.435 e. The highest BCUT2D eigenvalue weighted by Crippen LogP contribution is 2.38. The second-order valence-electron chi connectivity index (χ2n) is 6.41. The van der Waals surface area contributed by atoms with Crippen LogP contribution in [0.1, 0.15) is 6.92 Å². The van der Waals surface area contributed by atoms with Crippen LogP contribution in [0.5, 0.6) is 0 Å². The van der Waals surface area contributed by atoms with Gasteiger partial charge in [0.05, 0.1) is 17.6 Å². The van der Waals surface area contributed by atoms with E-state index in [-0.39, 0.29) is 55.7 Å². The molecule has 3 rings (SSSR count). The van der Waals surface area contributed by atoms with Crippen LogP contribution in [0, 0.1) is 0 Å². The molecule has 0 aliphatic heterocycles. The van der Waals surface area contributed by atoms with Gasteiger partial charge < -0.3 is 4.42 Å². The van der Waals surface area contributed by atoms with E-state index in [9.17, 15) is 25.8 Å². The summed E-state index contributed by atoms with van der Waals surface area (Å²) >= 11 is -0.294. The monoisotopic (exact) mass is 479 g/mol. The fourth-order valence-electron chi connectivity index (χ4n) is 2.50. The zero-order valence-electron chi connectivity index (χ0n) is 15.9. The number of halogens is 3. The lowest BCUT2D eigenvalue weighted by molar-refractivity contribution is -0.0328. The average molecular weight is 480 g/mol. The van der Waals surface area contributed by atoms with Gasteiger partial charge in [-0.15, -0.1) is 0 Å². The summed E-state index contributed by atoms with van der Waals surface area (Å²) in [7, 11) is -6.35. The summed E-state index contributed by atoms with van der Waals surface area (Å²) in [6.45, 7) is 1.44. The molecule has 0 amide bonds. The van der Waals surface area contributed by atoms with Gasteiger partial charge in [-0.1, -0.05) is 6.92 Å². The predicted octanol–water partition coefficient (Wildman–Crippen LogP) is 4.65. The topological polar surface area (TPSA) is 102 Å². The highest BCUT2D eigenvalue weighted by atomic mass is 32.2. The maximum Gasteiger partial charge on any atom is 0.446 e. The number of oxazole rings is 1. The van der Waals surface area contributed by atoms with E-state index < -0.39 is 25.1 Å². The maximum absolute atomic E-state index is 12.6. The second kappa shape index (κ2) is 7.85. The standard InChI is InChI=1S/C17H16F3N3O4S3/c1-4-30(25,26)14-7-10(23-29(2,3)24)9-21-15(14)16-22-12-8-11(28-17(18,19)20)5-6-13(12)27-16/h5-9H,4H2,1-3H3. The highest BCUT2D eigenvalue weighted by Gasteiger charge is 2.30. The van der Waals surface area contributed by atoms with Crippen molar-refractivity contribution in [1.29, 1.82) is 0 Å². The van der Waals surface area contributed by atoms with Gasteiger partial charge >= 0.3 is 5.51 Å². The Bertz CT molecular complexity index is 1330. The van der Waals surface area contributed by atoms with E-state index in [0.717, 1.165) is 0 Å². The Labute approximate surface area is 175 Å². The van der Waals surface area contributed by atoms with Crippen LogP contribution < -0.4 is 0 Å². The van der Waals surface area contributed by atoms with E-state index in [4.69, 9.17) is 4.42 Å². The molecule has 0 atom stereocenters. The van der Waals surface area contributed by atoms with Crippen molar-refractivity contribution in [1.82, 2.24) is 9.97 Å². The third-order valence-electron chi connectivity index (χ3n) is 3.67. The van der Waals surface area contributed by atoms with Gasteiger partial charge in [-0.3, -0.25) is 0 Å². The van der Waals surface area contributed by atoms with E-state index >= 15 is 0 Å². The first-order valence-corrected chi connectivity index (χ1v) is 13.1. The Balaban J connectivity index is 2.17. The summed E-state index contributed by atoms with van der Waals surface area (Å²) in [6.07, 6.45) is 4.02. The van der Waals surface area contributed by atoms with Gasteiger partial charge in [-0.2, -0.15) is 17.5 Å². The van der Waals surface area contributed by atoms with E-state index in [2.05, 4.69) is 14.3 Å². The minimum Gasteiger partial charge on any atom is -0.435 e. The van der Waals surface area contributed by atoms with E-state index in [1.165, 1.54) is 49.9 Å². The number of hydrogen-bond donors (Lipinski definition) is 0. The number of benzene rings is 1. The molecule has 0 spiro atoms. The molecule has 0 N–H and O–H groups in total. The average Bonchev–Trinajstić information content (AvgIpc) is 3.02. The van der Waals surface area contributed by atoms with Gasteiger partial charge in [0, 0.05) is 27.1 Å². The number of thioether (sulfide) groups is 1. The molecule has 162 valence electrons. The van der Waals surface area contributed by atoms with Crippen molar-refractivity contribution >= 4 is 48.1 Å². The second-order valence-corrected chi connectivity index (χ2v) is 12.3. The molecule has 0 bridgehead atoms. The molecule has 2 heterocycles. The number of sulfone groups is 1. The Morgan fingerprint density at radius 2 is 1.87 bits per heavy atom. The Morgan fingerprint density at radius 3 is 2.47 bits per heavy atom. The predicted molar refractivity (Wildman–Crippen MR) is 109 cm³/mol. The number of hydrogen-bond acceptors (Lipinski definition) is 8. The molecule has 0 aliphatic carbocycles. The van der Waals surface area contributed by atoms with Crippen molar-refractivity contribution in [3.63, 3.8) is 0 Å². The lowest BCUT2D eigenvalue weighted by Gasteiger charge is -2.07. The summed E-state index contributed by atoms with van der Waals surface area (Å²) in [4.78, 5) is 7.91. The highest BCUT2D eigenvalue weighted by molar-refractivity contribution is 8.00. The summed E-state index contributed by atoms with van der Waals surface area (Å²) in [6, 6.07) is 4.98. The van der Waals surface area contributed by atoms with Crippen molar-refractivity contribution in [2.24, 2.45) is 4.36 Å². The minimum atomic E-state index is -4.46. The van der Waals surface area contributed by atoms with Crippen LogP contribution in [-0.4, -0.2) is 46.4 Å². The zero-order chi connectivity index (χ0) is 22.3.